The molecule has 0 amide bonds. The third-order valence-electron chi connectivity index (χ3n) is 12.4. The largest absolute Gasteiger partial charge is 0.494 e. The minimum atomic E-state index is -0.427. The summed E-state index contributed by atoms with van der Waals surface area (Å²) in [5.41, 5.74) is 8.90. The van der Waals surface area contributed by atoms with Crippen molar-refractivity contribution in [2.45, 2.75) is 38.9 Å². The Balaban J connectivity index is 0.000000138. The van der Waals surface area contributed by atoms with Crippen molar-refractivity contribution < 1.29 is 19.2 Å². The van der Waals surface area contributed by atoms with Gasteiger partial charge in [0.2, 0.25) is 0 Å². The van der Waals surface area contributed by atoms with E-state index in [9.17, 15) is 20.2 Å². The molecule has 3 heterocycles. The molecule has 0 spiro atoms. The van der Waals surface area contributed by atoms with Crippen LogP contribution in [0, 0.1) is 20.2 Å². The maximum atomic E-state index is 11.5. The second-order valence-electron chi connectivity index (χ2n) is 17.0. The Labute approximate surface area is 390 Å². The first kappa shape index (κ1) is 43.9. The average Bonchev–Trinajstić information content (AvgIpc) is 3.92. The average molecular weight is 936 g/mol. The summed E-state index contributed by atoms with van der Waals surface area (Å²) in [5, 5.41) is 26.3. The molecule has 10 nitrogen and oxygen atoms in total. The van der Waals surface area contributed by atoms with Crippen LogP contribution in [0.2, 0.25) is 0 Å². The van der Waals surface area contributed by atoms with Gasteiger partial charge in [-0.1, -0.05) is 115 Å². The molecule has 0 bridgehead atoms. The molecule has 1 saturated heterocycles. The van der Waals surface area contributed by atoms with Crippen LogP contribution in [0.3, 0.4) is 0 Å². The van der Waals surface area contributed by atoms with Crippen molar-refractivity contribution in [3.8, 4) is 22.5 Å². The number of halogens is 1. The van der Waals surface area contributed by atoms with Crippen molar-refractivity contribution in [1.29, 1.82) is 0 Å². The van der Waals surface area contributed by atoms with Crippen molar-refractivity contribution in [3.63, 3.8) is 0 Å². The van der Waals surface area contributed by atoms with E-state index in [2.05, 4.69) is 150 Å². The Morgan fingerprint density at radius 3 is 1.41 bits per heavy atom. The van der Waals surface area contributed by atoms with Gasteiger partial charge in [0.15, 0.2) is 0 Å². The van der Waals surface area contributed by atoms with E-state index in [1.165, 1.54) is 27.9 Å². The van der Waals surface area contributed by atoms with Gasteiger partial charge in [-0.3, -0.25) is 20.2 Å². The number of rotatable bonds is 6. The highest BCUT2D eigenvalue weighted by molar-refractivity contribution is 9.10. The molecule has 1 aliphatic rings. The normalized spacial score (nSPS) is 13.9. The van der Waals surface area contributed by atoms with E-state index in [0.717, 1.165) is 44.2 Å². The molecule has 326 valence electrons. The molecule has 1 fully saturated rings. The van der Waals surface area contributed by atoms with E-state index < -0.39 is 4.92 Å². The molecule has 0 atom stereocenters. The number of hydrogen-bond acceptors (Lipinski definition) is 6. The highest BCUT2D eigenvalue weighted by Crippen LogP contribution is 2.39. The lowest BCUT2D eigenvalue weighted by Gasteiger charge is -2.32. The van der Waals surface area contributed by atoms with Crippen LogP contribution < -0.4 is 5.46 Å². The van der Waals surface area contributed by atoms with Crippen molar-refractivity contribution in [1.82, 2.24) is 9.13 Å². The second-order valence-corrected chi connectivity index (χ2v) is 17.8. The van der Waals surface area contributed by atoms with E-state index in [0.29, 0.717) is 10.0 Å². The van der Waals surface area contributed by atoms with Gasteiger partial charge in [-0.15, -0.1) is 0 Å². The van der Waals surface area contributed by atoms with E-state index in [-0.39, 0.29) is 34.6 Å². The molecule has 0 N–H and O–H groups in total. The van der Waals surface area contributed by atoms with E-state index in [1.807, 2.05) is 54.6 Å². The van der Waals surface area contributed by atoms with Crippen molar-refractivity contribution >= 4 is 83.5 Å². The second kappa shape index (κ2) is 17.9. The standard InChI is InChI=1S/C24H24BNO2.C24H16N2O2.C6H4BrNO2/c1-23(2)24(3,4)28-25(27-23)17-14-15-22-20(16-17)19-12-8-9-13-21(19)26(22)18-10-6-5-7-11-18;27-26(28)24-13-7-4-10-19(24)17-14-15-23-21(16-17)20-11-5-6-12-22(20)25(23)18-8-2-1-3-9-18;7-5-3-1-2-4-6(5)8(9)10/h5-16H,1-4H3;1-16H;1-4H. The summed E-state index contributed by atoms with van der Waals surface area (Å²) in [6, 6.07) is 63.5. The van der Waals surface area contributed by atoms with Gasteiger partial charge >= 0.3 is 7.12 Å². The Bertz CT molecular complexity index is 3410. The lowest BCUT2D eigenvalue weighted by Crippen LogP contribution is -2.41. The zero-order valence-corrected chi connectivity index (χ0v) is 38.3. The molecular weight excluding hydrogens is 891 g/mol. The summed E-state index contributed by atoms with van der Waals surface area (Å²) >= 11 is 3.06. The Morgan fingerprint density at radius 2 is 0.894 bits per heavy atom. The number of nitro groups is 2. The lowest BCUT2D eigenvalue weighted by atomic mass is 9.78. The molecule has 0 radical (unpaired) electrons. The van der Waals surface area contributed by atoms with Crippen LogP contribution in [-0.2, 0) is 9.31 Å². The molecule has 0 aliphatic carbocycles. The monoisotopic (exact) mass is 934 g/mol. The highest BCUT2D eigenvalue weighted by Gasteiger charge is 2.51. The number of aromatic nitrogens is 2. The number of nitrogens with zero attached hydrogens (tertiary/aromatic N) is 4. The fraction of sp³-hybridized carbons (Fsp3) is 0.111. The molecule has 66 heavy (non-hydrogen) atoms. The first-order valence-corrected chi connectivity index (χ1v) is 22.3. The minimum absolute atomic E-state index is 0.0995. The third-order valence-corrected chi connectivity index (χ3v) is 13.1. The maximum absolute atomic E-state index is 11.5. The summed E-state index contributed by atoms with van der Waals surface area (Å²) in [5.74, 6) is 0. The van der Waals surface area contributed by atoms with E-state index >= 15 is 0 Å². The molecule has 8 aromatic carbocycles. The number of nitro benzene ring substituents is 2. The quantitative estimate of drug-likeness (QED) is 0.0932. The van der Waals surface area contributed by atoms with Crippen LogP contribution in [0.15, 0.2) is 199 Å². The van der Waals surface area contributed by atoms with E-state index in [4.69, 9.17) is 9.31 Å². The molecule has 1 aliphatic heterocycles. The molecule has 11 rings (SSSR count). The third kappa shape index (κ3) is 8.26. The maximum Gasteiger partial charge on any atom is 0.494 e. The van der Waals surface area contributed by atoms with Gasteiger partial charge in [0.05, 0.1) is 53.2 Å². The van der Waals surface area contributed by atoms with Gasteiger partial charge in [-0.05, 0) is 121 Å². The number of para-hydroxylation sites is 6. The summed E-state index contributed by atoms with van der Waals surface area (Å²) in [6.45, 7) is 8.36. The zero-order chi connectivity index (χ0) is 46.2. The predicted octanol–water partition coefficient (Wildman–Crippen LogP) is 13.8. The topological polar surface area (TPSA) is 115 Å². The van der Waals surface area contributed by atoms with Crippen LogP contribution >= 0.6 is 15.9 Å². The zero-order valence-electron chi connectivity index (χ0n) is 36.7. The molecular formula is C54H44BBrN4O6. The van der Waals surface area contributed by atoms with Crippen molar-refractivity contribution in [2.75, 3.05) is 0 Å². The van der Waals surface area contributed by atoms with Crippen LogP contribution in [-0.4, -0.2) is 37.3 Å². The molecule has 12 heteroatoms. The molecule has 0 saturated carbocycles. The fourth-order valence-electron chi connectivity index (χ4n) is 8.44. The predicted molar refractivity (Wildman–Crippen MR) is 270 cm³/mol. The Kier molecular flexibility index (Phi) is 11.9. The summed E-state index contributed by atoms with van der Waals surface area (Å²) in [4.78, 5) is 20.9. The van der Waals surface area contributed by atoms with Crippen LogP contribution in [0.25, 0.3) is 66.1 Å². The lowest BCUT2D eigenvalue weighted by molar-refractivity contribution is -0.385. The smallest absolute Gasteiger partial charge is 0.399 e. The highest BCUT2D eigenvalue weighted by atomic mass is 79.9. The van der Waals surface area contributed by atoms with Gasteiger partial charge in [0.1, 0.15) is 0 Å². The number of hydrogen-bond donors (Lipinski definition) is 0. The van der Waals surface area contributed by atoms with Gasteiger partial charge in [-0.25, -0.2) is 0 Å². The summed E-state index contributed by atoms with van der Waals surface area (Å²) < 4.78 is 17.6. The molecule has 0 unspecified atom stereocenters. The fourth-order valence-corrected chi connectivity index (χ4v) is 8.87. The first-order chi connectivity index (χ1) is 31.8. The van der Waals surface area contributed by atoms with Crippen molar-refractivity contribution in [2.24, 2.45) is 0 Å². The van der Waals surface area contributed by atoms with Crippen LogP contribution in [0.5, 0.6) is 0 Å². The van der Waals surface area contributed by atoms with Crippen LogP contribution in [0.1, 0.15) is 27.7 Å². The Hall–Kier alpha value is -7.38. The Morgan fingerprint density at radius 1 is 0.470 bits per heavy atom. The van der Waals surface area contributed by atoms with Crippen molar-refractivity contribution in [3.05, 3.63) is 219 Å². The minimum Gasteiger partial charge on any atom is -0.399 e. The van der Waals surface area contributed by atoms with Gasteiger partial charge < -0.3 is 18.4 Å². The van der Waals surface area contributed by atoms with Gasteiger partial charge in [-0.2, -0.15) is 0 Å². The van der Waals surface area contributed by atoms with Crippen LogP contribution in [0.4, 0.5) is 11.4 Å². The number of benzene rings is 8. The molecule has 10 aromatic rings. The summed E-state index contributed by atoms with van der Waals surface area (Å²) in [6.07, 6.45) is 0. The SMILES string of the molecule is CC1(C)OB(c2ccc3c(c2)c2ccccc2n3-c2ccccc2)OC1(C)C.O=[N+]([O-])c1ccccc1-c1ccc2c(c1)c1ccccc1n2-c1ccccc1.O=[N+]([O-])c1ccccc1Br. The molecule has 2 aromatic heterocycles. The number of fused-ring (bicyclic) bond motifs is 6. The van der Waals surface area contributed by atoms with Gasteiger partial charge in [0.25, 0.3) is 11.4 Å². The van der Waals surface area contributed by atoms with E-state index in [1.54, 1.807) is 36.4 Å². The van der Waals surface area contributed by atoms with Gasteiger partial charge in [0, 0.05) is 45.1 Å². The summed E-state index contributed by atoms with van der Waals surface area (Å²) in [7, 11) is -0.353. The first-order valence-electron chi connectivity index (χ1n) is 21.5.